The first-order valence-electron chi connectivity index (χ1n) is 9.01. The van der Waals surface area contributed by atoms with Gasteiger partial charge in [-0.3, -0.25) is 0 Å². The molecule has 0 aliphatic heterocycles. The van der Waals surface area contributed by atoms with Crippen LogP contribution in [0.25, 0.3) is 11.0 Å². The second-order valence-electron chi connectivity index (χ2n) is 7.85. The Hall–Kier alpha value is -2.29. The molecule has 0 spiro atoms. The summed E-state index contributed by atoms with van der Waals surface area (Å²) >= 11 is 0. The van der Waals surface area contributed by atoms with Gasteiger partial charge >= 0.3 is 0 Å². The number of rotatable bonds is 5. The molecular weight excluding hydrogens is 308 g/mol. The van der Waals surface area contributed by atoms with E-state index in [1.54, 1.807) is 0 Å². The topological polar surface area (TPSA) is 27.1 Å². The molecule has 1 heterocycles. The molecule has 0 bridgehead atoms. The van der Waals surface area contributed by atoms with E-state index in [1.807, 2.05) is 0 Å². The smallest absolute Gasteiger partial charge is 0.119 e. The fraction of sp³-hybridized carbons (Fsp3) is 0.409. The van der Waals surface area contributed by atoms with Crippen LogP contribution in [0.15, 0.2) is 42.5 Å². The van der Waals surface area contributed by atoms with E-state index in [4.69, 9.17) is 9.72 Å². The highest BCUT2D eigenvalue weighted by Gasteiger charge is 2.22. The van der Waals surface area contributed by atoms with Crippen molar-refractivity contribution in [3.8, 4) is 5.75 Å². The van der Waals surface area contributed by atoms with Crippen molar-refractivity contribution in [2.45, 2.75) is 53.0 Å². The number of benzene rings is 2. The molecule has 0 aliphatic rings. The zero-order chi connectivity index (χ0) is 18.0. The third-order valence-electron chi connectivity index (χ3n) is 4.32. The summed E-state index contributed by atoms with van der Waals surface area (Å²) in [5.74, 6) is 2.10. The average molecular weight is 336 g/mol. The molecule has 0 aliphatic carbocycles. The lowest BCUT2D eigenvalue weighted by Crippen LogP contribution is -2.19. The first-order chi connectivity index (χ1) is 11.8. The summed E-state index contributed by atoms with van der Waals surface area (Å²) in [6.45, 7) is 12.5. The van der Waals surface area contributed by atoms with Gasteiger partial charge in [-0.15, -0.1) is 0 Å². The summed E-state index contributed by atoms with van der Waals surface area (Å²) in [7, 11) is 0. The van der Waals surface area contributed by atoms with Crippen LogP contribution in [0.3, 0.4) is 0 Å². The third kappa shape index (κ3) is 4.04. The Morgan fingerprint density at radius 3 is 2.36 bits per heavy atom. The fourth-order valence-electron chi connectivity index (χ4n) is 3.30. The predicted octanol–water partition coefficient (Wildman–Crippen LogP) is 5.42. The van der Waals surface area contributed by atoms with E-state index < -0.39 is 0 Å². The van der Waals surface area contributed by atoms with Crippen LogP contribution in [0.2, 0.25) is 0 Å². The number of aromatic nitrogens is 2. The fourth-order valence-corrected chi connectivity index (χ4v) is 3.30. The van der Waals surface area contributed by atoms with Crippen molar-refractivity contribution in [1.82, 2.24) is 9.55 Å². The van der Waals surface area contributed by atoms with Crippen molar-refractivity contribution in [3.05, 3.63) is 59.4 Å². The van der Waals surface area contributed by atoms with Crippen molar-refractivity contribution >= 4 is 11.0 Å². The van der Waals surface area contributed by atoms with Gasteiger partial charge in [-0.05, 0) is 55.7 Å². The quantitative estimate of drug-likeness (QED) is 0.582. The minimum Gasteiger partial charge on any atom is -0.494 e. The molecule has 0 N–H and O–H groups in total. The zero-order valence-electron chi connectivity index (χ0n) is 16.0. The highest BCUT2D eigenvalue weighted by atomic mass is 16.5. The third-order valence-corrected chi connectivity index (χ3v) is 4.32. The SMILES string of the molecule is Cc1cc(C)cc(OCCCn2c(C(C)(C)C)nc3ccccc32)c1. The molecule has 132 valence electrons. The van der Waals surface area contributed by atoms with Crippen LogP contribution in [0.5, 0.6) is 5.75 Å². The molecule has 3 nitrogen and oxygen atoms in total. The van der Waals surface area contributed by atoms with Gasteiger partial charge in [0.25, 0.3) is 0 Å². The number of aryl methyl sites for hydroxylation is 3. The maximum absolute atomic E-state index is 5.97. The van der Waals surface area contributed by atoms with E-state index in [-0.39, 0.29) is 5.41 Å². The molecule has 1 aromatic heterocycles. The highest BCUT2D eigenvalue weighted by Crippen LogP contribution is 2.26. The summed E-state index contributed by atoms with van der Waals surface area (Å²) in [4.78, 5) is 4.87. The lowest BCUT2D eigenvalue weighted by Gasteiger charge is -2.20. The Morgan fingerprint density at radius 1 is 1.00 bits per heavy atom. The van der Waals surface area contributed by atoms with Gasteiger partial charge in [-0.2, -0.15) is 0 Å². The molecule has 3 heteroatoms. The first-order valence-corrected chi connectivity index (χ1v) is 9.01. The lowest BCUT2D eigenvalue weighted by molar-refractivity contribution is 0.300. The van der Waals surface area contributed by atoms with Gasteiger partial charge < -0.3 is 9.30 Å². The Labute approximate surface area is 150 Å². The van der Waals surface area contributed by atoms with Gasteiger partial charge in [-0.1, -0.05) is 39.0 Å². The Morgan fingerprint density at radius 2 is 1.68 bits per heavy atom. The van der Waals surface area contributed by atoms with Crippen molar-refractivity contribution in [1.29, 1.82) is 0 Å². The number of fused-ring (bicyclic) bond motifs is 1. The molecule has 3 rings (SSSR count). The summed E-state index contributed by atoms with van der Waals surface area (Å²) in [5, 5.41) is 0. The van der Waals surface area contributed by atoms with Gasteiger partial charge in [0.15, 0.2) is 0 Å². The van der Waals surface area contributed by atoms with E-state index >= 15 is 0 Å². The molecule has 0 radical (unpaired) electrons. The Balaban J connectivity index is 1.72. The summed E-state index contributed by atoms with van der Waals surface area (Å²) in [5.41, 5.74) is 4.78. The maximum Gasteiger partial charge on any atom is 0.119 e. The predicted molar refractivity (Wildman–Crippen MR) is 104 cm³/mol. The van der Waals surface area contributed by atoms with Crippen LogP contribution in [0, 0.1) is 13.8 Å². The van der Waals surface area contributed by atoms with E-state index in [2.05, 4.69) is 81.7 Å². The van der Waals surface area contributed by atoms with Gasteiger partial charge in [0, 0.05) is 12.0 Å². The first kappa shape index (κ1) is 17.5. The van der Waals surface area contributed by atoms with Crippen LogP contribution in [-0.2, 0) is 12.0 Å². The number of nitrogens with zero attached hydrogens (tertiary/aromatic N) is 2. The van der Waals surface area contributed by atoms with Crippen LogP contribution in [-0.4, -0.2) is 16.2 Å². The molecule has 0 saturated carbocycles. The monoisotopic (exact) mass is 336 g/mol. The van der Waals surface area contributed by atoms with Gasteiger partial charge in [0.1, 0.15) is 11.6 Å². The summed E-state index contributed by atoms with van der Waals surface area (Å²) in [6, 6.07) is 14.7. The molecule has 2 aromatic carbocycles. The molecule has 3 aromatic rings. The second-order valence-corrected chi connectivity index (χ2v) is 7.85. The van der Waals surface area contributed by atoms with Crippen molar-refractivity contribution in [2.24, 2.45) is 0 Å². The molecule has 0 fully saturated rings. The molecule has 0 saturated heterocycles. The summed E-state index contributed by atoms with van der Waals surface area (Å²) in [6.07, 6.45) is 0.955. The van der Waals surface area contributed by atoms with E-state index in [1.165, 1.54) is 16.6 Å². The zero-order valence-corrected chi connectivity index (χ0v) is 16.0. The van der Waals surface area contributed by atoms with E-state index in [0.717, 1.165) is 30.1 Å². The Bertz CT molecular complexity index is 851. The van der Waals surface area contributed by atoms with Crippen molar-refractivity contribution in [2.75, 3.05) is 6.61 Å². The van der Waals surface area contributed by atoms with Crippen LogP contribution < -0.4 is 4.74 Å². The molecule has 25 heavy (non-hydrogen) atoms. The maximum atomic E-state index is 5.97. The second kappa shape index (κ2) is 6.91. The number of imidazole rings is 1. The molecule has 0 atom stereocenters. The van der Waals surface area contributed by atoms with Gasteiger partial charge in [0.05, 0.1) is 17.6 Å². The Kier molecular flexibility index (Phi) is 4.85. The highest BCUT2D eigenvalue weighted by molar-refractivity contribution is 5.76. The van der Waals surface area contributed by atoms with Crippen molar-refractivity contribution < 1.29 is 4.74 Å². The average Bonchev–Trinajstić information content (AvgIpc) is 2.90. The van der Waals surface area contributed by atoms with Crippen molar-refractivity contribution in [3.63, 3.8) is 0 Å². The minimum atomic E-state index is 0.0214. The van der Waals surface area contributed by atoms with Gasteiger partial charge in [-0.25, -0.2) is 4.98 Å². The van der Waals surface area contributed by atoms with E-state index in [0.29, 0.717) is 6.61 Å². The lowest BCUT2D eigenvalue weighted by atomic mass is 9.95. The van der Waals surface area contributed by atoms with Crippen LogP contribution >= 0.6 is 0 Å². The molecular formula is C22H28N2O. The number of para-hydroxylation sites is 2. The van der Waals surface area contributed by atoms with E-state index in [9.17, 15) is 0 Å². The standard InChI is InChI=1S/C22H28N2O/c1-16-13-17(2)15-18(14-16)25-12-8-11-24-20-10-7-6-9-19(20)23-21(24)22(3,4)5/h6-7,9-10,13-15H,8,11-12H2,1-5H3. The molecule has 0 unspecified atom stereocenters. The minimum absolute atomic E-state index is 0.0214. The van der Waals surface area contributed by atoms with Crippen LogP contribution in [0.4, 0.5) is 0 Å². The normalized spacial score (nSPS) is 11.9. The number of hydrogen-bond acceptors (Lipinski definition) is 2. The number of hydrogen-bond donors (Lipinski definition) is 0. The molecule has 0 amide bonds. The van der Waals surface area contributed by atoms with Gasteiger partial charge in [0.2, 0.25) is 0 Å². The largest absolute Gasteiger partial charge is 0.494 e. The summed E-state index contributed by atoms with van der Waals surface area (Å²) < 4.78 is 8.32. The number of ether oxygens (including phenoxy) is 1. The van der Waals surface area contributed by atoms with Crippen LogP contribution in [0.1, 0.15) is 44.1 Å².